The lowest BCUT2D eigenvalue weighted by atomic mass is 10.1. The van der Waals surface area contributed by atoms with E-state index in [9.17, 15) is 5.11 Å². The first-order valence-corrected chi connectivity index (χ1v) is 6.38. The number of rotatable bonds is 5. The quantitative estimate of drug-likeness (QED) is 0.866. The third-order valence-electron chi connectivity index (χ3n) is 3.00. The molecule has 2 rings (SSSR count). The van der Waals surface area contributed by atoms with Crippen LogP contribution in [0.2, 0.25) is 0 Å². The van der Waals surface area contributed by atoms with Gasteiger partial charge in [-0.3, -0.25) is 0 Å². The SMILES string of the molecule is C[C@@H](N)c1ccc(OCC(O)c2ccccc2)cc1. The highest BCUT2D eigenvalue weighted by Crippen LogP contribution is 2.18. The Hall–Kier alpha value is -1.84. The summed E-state index contributed by atoms with van der Waals surface area (Å²) < 4.78 is 5.57. The van der Waals surface area contributed by atoms with E-state index in [1.54, 1.807) is 0 Å². The van der Waals surface area contributed by atoms with Gasteiger partial charge in [0.25, 0.3) is 0 Å². The molecule has 0 saturated carbocycles. The van der Waals surface area contributed by atoms with Crippen molar-refractivity contribution in [2.75, 3.05) is 6.61 Å². The second-order valence-corrected chi connectivity index (χ2v) is 4.60. The highest BCUT2D eigenvalue weighted by molar-refractivity contribution is 5.29. The number of aliphatic hydroxyl groups excluding tert-OH is 1. The number of hydrogen-bond donors (Lipinski definition) is 2. The summed E-state index contributed by atoms with van der Waals surface area (Å²) >= 11 is 0. The lowest BCUT2D eigenvalue weighted by Crippen LogP contribution is -2.10. The second-order valence-electron chi connectivity index (χ2n) is 4.60. The van der Waals surface area contributed by atoms with Gasteiger partial charge in [0.1, 0.15) is 18.5 Å². The van der Waals surface area contributed by atoms with Crippen molar-refractivity contribution in [2.45, 2.75) is 19.1 Å². The Labute approximate surface area is 113 Å². The maximum Gasteiger partial charge on any atom is 0.119 e. The zero-order valence-corrected chi connectivity index (χ0v) is 11.0. The van der Waals surface area contributed by atoms with Crippen molar-refractivity contribution in [3.63, 3.8) is 0 Å². The van der Waals surface area contributed by atoms with Crippen molar-refractivity contribution in [2.24, 2.45) is 5.73 Å². The third kappa shape index (κ3) is 3.81. The number of benzene rings is 2. The normalized spacial score (nSPS) is 13.8. The van der Waals surface area contributed by atoms with Crippen molar-refractivity contribution < 1.29 is 9.84 Å². The molecule has 0 aliphatic heterocycles. The van der Waals surface area contributed by atoms with Crippen molar-refractivity contribution in [1.29, 1.82) is 0 Å². The standard InChI is InChI=1S/C16H19NO2/c1-12(17)13-7-9-15(10-8-13)19-11-16(18)14-5-3-2-4-6-14/h2-10,12,16,18H,11,17H2,1H3/t12-,16?/m1/s1. The zero-order chi connectivity index (χ0) is 13.7. The first kappa shape index (κ1) is 13.6. The van der Waals surface area contributed by atoms with Gasteiger partial charge in [-0.25, -0.2) is 0 Å². The van der Waals surface area contributed by atoms with Crippen LogP contribution in [-0.4, -0.2) is 11.7 Å². The number of hydrogen-bond acceptors (Lipinski definition) is 3. The summed E-state index contributed by atoms with van der Waals surface area (Å²) in [5.74, 6) is 0.736. The Morgan fingerprint density at radius 1 is 1.00 bits per heavy atom. The lowest BCUT2D eigenvalue weighted by molar-refractivity contribution is 0.108. The predicted molar refractivity (Wildman–Crippen MR) is 75.9 cm³/mol. The fraction of sp³-hybridized carbons (Fsp3) is 0.250. The van der Waals surface area contributed by atoms with Crippen LogP contribution in [0.1, 0.15) is 30.2 Å². The largest absolute Gasteiger partial charge is 0.491 e. The van der Waals surface area contributed by atoms with Gasteiger partial charge in [0.2, 0.25) is 0 Å². The van der Waals surface area contributed by atoms with Gasteiger partial charge < -0.3 is 15.6 Å². The molecule has 3 N–H and O–H groups in total. The molecule has 0 aliphatic carbocycles. The van der Waals surface area contributed by atoms with Gasteiger partial charge in [-0.1, -0.05) is 42.5 Å². The number of nitrogens with two attached hydrogens (primary N) is 1. The molecule has 0 bridgehead atoms. The highest BCUT2D eigenvalue weighted by Gasteiger charge is 2.07. The molecular formula is C16H19NO2. The van der Waals surface area contributed by atoms with Gasteiger partial charge in [-0.15, -0.1) is 0 Å². The van der Waals surface area contributed by atoms with Gasteiger partial charge in [-0.2, -0.15) is 0 Å². The Bertz CT molecular complexity index is 494. The minimum absolute atomic E-state index is 0.0176. The molecule has 3 nitrogen and oxygen atoms in total. The van der Waals surface area contributed by atoms with Crippen LogP contribution in [0.3, 0.4) is 0 Å². The number of aliphatic hydroxyl groups is 1. The van der Waals surface area contributed by atoms with Crippen LogP contribution in [0.5, 0.6) is 5.75 Å². The predicted octanol–water partition coefficient (Wildman–Crippen LogP) is 2.82. The van der Waals surface area contributed by atoms with E-state index < -0.39 is 6.10 Å². The minimum Gasteiger partial charge on any atom is -0.491 e. The van der Waals surface area contributed by atoms with Gasteiger partial charge in [0, 0.05) is 6.04 Å². The molecule has 2 aromatic rings. The summed E-state index contributed by atoms with van der Waals surface area (Å²) in [6, 6.07) is 17.1. The van der Waals surface area contributed by atoms with Crippen molar-refractivity contribution in [3.05, 3.63) is 65.7 Å². The fourth-order valence-corrected chi connectivity index (χ4v) is 1.81. The molecule has 0 aromatic heterocycles. The zero-order valence-electron chi connectivity index (χ0n) is 11.0. The average Bonchev–Trinajstić information content (AvgIpc) is 2.46. The van der Waals surface area contributed by atoms with E-state index in [-0.39, 0.29) is 12.6 Å². The third-order valence-corrected chi connectivity index (χ3v) is 3.00. The Kier molecular flexibility index (Phi) is 4.55. The van der Waals surface area contributed by atoms with Crippen LogP contribution in [-0.2, 0) is 0 Å². The average molecular weight is 257 g/mol. The van der Waals surface area contributed by atoms with Gasteiger partial charge in [-0.05, 0) is 30.2 Å². The molecule has 0 radical (unpaired) electrons. The molecule has 19 heavy (non-hydrogen) atoms. The molecule has 2 aromatic carbocycles. The van der Waals surface area contributed by atoms with E-state index >= 15 is 0 Å². The summed E-state index contributed by atoms with van der Waals surface area (Å²) in [7, 11) is 0. The Morgan fingerprint density at radius 3 is 2.21 bits per heavy atom. The molecule has 100 valence electrons. The van der Waals surface area contributed by atoms with Gasteiger partial charge in [0.05, 0.1) is 0 Å². The fourth-order valence-electron chi connectivity index (χ4n) is 1.81. The second kappa shape index (κ2) is 6.36. The molecule has 0 spiro atoms. The maximum absolute atomic E-state index is 9.98. The lowest BCUT2D eigenvalue weighted by Gasteiger charge is -2.13. The monoisotopic (exact) mass is 257 g/mol. The number of ether oxygens (including phenoxy) is 1. The van der Waals surface area contributed by atoms with E-state index in [0.717, 1.165) is 16.9 Å². The molecule has 0 amide bonds. The van der Waals surface area contributed by atoms with Gasteiger partial charge >= 0.3 is 0 Å². The first-order chi connectivity index (χ1) is 9.16. The van der Waals surface area contributed by atoms with Crippen molar-refractivity contribution >= 4 is 0 Å². The maximum atomic E-state index is 9.98. The Morgan fingerprint density at radius 2 is 1.63 bits per heavy atom. The van der Waals surface area contributed by atoms with Crippen molar-refractivity contribution in [1.82, 2.24) is 0 Å². The molecule has 1 unspecified atom stereocenters. The van der Waals surface area contributed by atoms with Crippen LogP contribution in [0.4, 0.5) is 0 Å². The van der Waals surface area contributed by atoms with Gasteiger partial charge in [0.15, 0.2) is 0 Å². The van der Waals surface area contributed by atoms with E-state index in [1.165, 1.54) is 0 Å². The summed E-state index contributed by atoms with van der Waals surface area (Å²) in [5.41, 5.74) is 7.70. The summed E-state index contributed by atoms with van der Waals surface area (Å²) in [6.45, 7) is 2.18. The molecule has 0 saturated heterocycles. The molecule has 0 fully saturated rings. The molecular weight excluding hydrogens is 238 g/mol. The van der Waals surface area contributed by atoms with Crippen LogP contribution >= 0.6 is 0 Å². The smallest absolute Gasteiger partial charge is 0.119 e. The Balaban J connectivity index is 1.92. The van der Waals surface area contributed by atoms with Crippen LogP contribution in [0.25, 0.3) is 0 Å². The van der Waals surface area contributed by atoms with Crippen molar-refractivity contribution in [3.8, 4) is 5.75 Å². The molecule has 0 heterocycles. The van der Waals surface area contributed by atoms with E-state index in [4.69, 9.17) is 10.5 Å². The highest BCUT2D eigenvalue weighted by atomic mass is 16.5. The van der Waals surface area contributed by atoms with Crippen LogP contribution in [0, 0.1) is 0 Å². The van der Waals surface area contributed by atoms with Crippen LogP contribution < -0.4 is 10.5 Å². The topological polar surface area (TPSA) is 55.5 Å². The first-order valence-electron chi connectivity index (χ1n) is 6.38. The molecule has 3 heteroatoms. The molecule has 0 aliphatic rings. The summed E-state index contributed by atoms with van der Waals surface area (Å²) in [5, 5.41) is 9.98. The van der Waals surface area contributed by atoms with E-state index in [2.05, 4.69) is 0 Å². The van der Waals surface area contributed by atoms with E-state index in [0.29, 0.717) is 0 Å². The summed E-state index contributed by atoms with van der Waals surface area (Å²) in [4.78, 5) is 0. The molecule has 2 atom stereocenters. The van der Waals surface area contributed by atoms with E-state index in [1.807, 2.05) is 61.5 Å². The summed E-state index contributed by atoms with van der Waals surface area (Å²) in [6.07, 6.45) is -0.616. The van der Waals surface area contributed by atoms with Crippen LogP contribution in [0.15, 0.2) is 54.6 Å². The minimum atomic E-state index is -0.616.